The Kier molecular flexibility index (Phi) is 5.57. The van der Waals surface area contributed by atoms with Gasteiger partial charge in [-0.3, -0.25) is 0 Å². The predicted octanol–water partition coefficient (Wildman–Crippen LogP) is 3.52. The lowest BCUT2D eigenvalue weighted by Crippen LogP contribution is -2.29. The molecule has 120 valence electrons. The molecule has 1 atom stereocenters. The molecule has 1 heterocycles. The zero-order valence-electron chi connectivity index (χ0n) is 12.0. The minimum atomic E-state index is -3.74. The van der Waals surface area contributed by atoms with Crippen LogP contribution < -0.4 is 4.72 Å². The Morgan fingerprint density at radius 3 is 2.64 bits per heavy atom. The summed E-state index contributed by atoms with van der Waals surface area (Å²) < 4.78 is 46.1. The van der Waals surface area contributed by atoms with E-state index >= 15 is 0 Å². The molecule has 22 heavy (non-hydrogen) atoms. The van der Waals surface area contributed by atoms with Crippen molar-refractivity contribution < 1.29 is 17.5 Å². The lowest BCUT2D eigenvalue weighted by Gasteiger charge is -2.15. The van der Waals surface area contributed by atoms with E-state index in [-0.39, 0.29) is 11.4 Å². The Bertz CT molecular complexity index is 761. The van der Waals surface area contributed by atoms with Gasteiger partial charge < -0.3 is 4.74 Å². The first-order valence-corrected chi connectivity index (χ1v) is 9.05. The van der Waals surface area contributed by atoms with Crippen LogP contribution in [0.3, 0.4) is 0 Å². The molecule has 2 aromatic rings. The first-order valence-electron chi connectivity index (χ1n) is 6.37. The number of thiophene rings is 1. The molecule has 0 spiro atoms. The molecular formula is C14H15ClFNO3S2. The molecule has 0 radical (unpaired) electrons. The van der Waals surface area contributed by atoms with E-state index in [1.54, 1.807) is 19.1 Å². The van der Waals surface area contributed by atoms with E-state index in [2.05, 4.69) is 4.72 Å². The van der Waals surface area contributed by atoms with Crippen molar-refractivity contribution in [1.82, 2.24) is 4.72 Å². The van der Waals surface area contributed by atoms with Crippen LogP contribution in [0, 0.1) is 12.7 Å². The zero-order chi connectivity index (χ0) is 16.3. The summed E-state index contributed by atoms with van der Waals surface area (Å²) in [5.41, 5.74) is 0.348. The summed E-state index contributed by atoms with van der Waals surface area (Å²) >= 11 is 7.20. The van der Waals surface area contributed by atoms with Crippen molar-refractivity contribution in [2.45, 2.75) is 17.9 Å². The van der Waals surface area contributed by atoms with Crippen molar-refractivity contribution in [3.63, 3.8) is 0 Å². The van der Waals surface area contributed by atoms with Gasteiger partial charge in [-0.1, -0.05) is 11.6 Å². The minimum absolute atomic E-state index is 0.0490. The van der Waals surface area contributed by atoms with Crippen LogP contribution in [0.25, 0.3) is 0 Å². The van der Waals surface area contributed by atoms with E-state index in [1.807, 2.05) is 0 Å². The number of ether oxygens (including phenoxy) is 1. The highest BCUT2D eigenvalue weighted by Gasteiger charge is 2.20. The minimum Gasteiger partial charge on any atom is -0.375 e. The summed E-state index contributed by atoms with van der Waals surface area (Å²) in [6, 6.07) is 7.07. The average Bonchev–Trinajstić information content (AvgIpc) is 2.85. The highest BCUT2D eigenvalue weighted by Crippen LogP contribution is 2.28. The molecular weight excluding hydrogens is 349 g/mol. The van der Waals surface area contributed by atoms with Crippen LogP contribution >= 0.6 is 22.9 Å². The highest BCUT2D eigenvalue weighted by atomic mass is 35.5. The van der Waals surface area contributed by atoms with E-state index in [1.165, 1.54) is 30.6 Å². The van der Waals surface area contributed by atoms with Gasteiger partial charge >= 0.3 is 0 Å². The number of hydrogen-bond donors (Lipinski definition) is 1. The quantitative estimate of drug-likeness (QED) is 0.854. The lowest BCUT2D eigenvalue weighted by atomic mass is 10.2. The van der Waals surface area contributed by atoms with Crippen LogP contribution in [0.2, 0.25) is 4.34 Å². The number of rotatable bonds is 6. The van der Waals surface area contributed by atoms with Gasteiger partial charge in [-0.15, -0.1) is 11.3 Å². The Morgan fingerprint density at radius 2 is 2.09 bits per heavy atom. The molecule has 0 bridgehead atoms. The molecule has 1 aromatic carbocycles. The third kappa shape index (κ3) is 4.05. The van der Waals surface area contributed by atoms with Crippen LogP contribution in [0.15, 0.2) is 35.2 Å². The number of benzene rings is 1. The topological polar surface area (TPSA) is 55.4 Å². The number of nitrogens with one attached hydrogen (secondary N) is 1. The summed E-state index contributed by atoms with van der Waals surface area (Å²) in [6.45, 7) is 1.61. The molecule has 0 saturated carbocycles. The smallest absolute Gasteiger partial charge is 0.240 e. The molecule has 0 aliphatic rings. The Balaban J connectivity index is 2.14. The second kappa shape index (κ2) is 7.06. The van der Waals surface area contributed by atoms with Crippen molar-refractivity contribution in [2.24, 2.45) is 0 Å². The SMILES string of the molecule is CO[C@H](CNS(=O)(=O)c1ccc(F)cc1C)c1ccc(Cl)s1. The van der Waals surface area contributed by atoms with Crippen LogP contribution in [0.5, 0.6) is 0 Å². The normalized spacial score (nSPS) is 13.3. The molecule has 0 amide bonds. The monoisotopic (exact) mass is 363 g/mol. The van der Waals surface area contributed by atoms with Gasteiger partial charge in [-0.2, -0.15) is 0 Å². The van der Waals surface area contributed by atoms with Gasteiger partial charge in [-0.25, -0.2) is 17.5 Å². The first kappa shape index (κ1) is 17.4. The molecule has 0 unspecified atom stereocenters. The summed E-state index contributed by atoms with van der Waals surface area (Å²) in [7, 11) is -2.24. The average molecular weight is 364 g/mol. The summed E-state index contributed by atoms with van der Waals surface area (Å²) in [6.07, 6.45) is -0.437. The van der Waals surface area contributed by atoms with Gasteiger partial charge in [-0.05, 0) is 42.8 Å². The number of halogens is 2. The molecule has 4 nitrogen and oxygen atoms in total. The maximum absolute atomic E-state index is 13.1. The van der Waals surface area contributed by atoms with E-state index in [0.29, 0.717) is 9.90 Å². The molecule has 1 N–H and O–H groups in total. The Morgan fingerprint density at radius 1 is 1.36 bits per heavy atom. The van der Waals surface area contributed by atoms with E-state index in [0.717, 1.165) is 10.9 Å². The summed E-state index contributed by atoms with van der Waals surface area (Å²) in [5.74, 6) is -0.473. The number of hydrogen-bond acceptors (Lipinski definition) is 4. The molecule has 0 aliphatic carbocycles. The van der Waals surface area contributed by atoms with Gasteiger partial charge in [0.05, 0.1) is 9.23 Å². The molecule has 0 saturated heterocycles. The van der Waals surface area contributed by atoms with Crippen LogP contribution in [-0.2, 0) is 14.8 Å². The first-order chi connectivity index (χ1) is 10.3. The van der Waals surface area contributed by atoms with Crippen molar-refractivity contribution in [3.05, 3.63) is 50.9 Å². The largest absolute Gasteiger partial charge is 0.375 e. The third-order valence-electron chi connectivity index (χ3n) is 3.08. The fraction of sp³-hybridized carbons (Fsp3) is 0.286. The van der Waals surface area contributed by atoms with Gasteiger partial charge in [0.1, 0.15) is 11.9 Å². The Hall–Kier alpha value is -0.990. The van der Waals surface area contributed by atoms with Gasteiger partial charge in [0, 0.05) is 18.5 Å². The lowest BCUT2D eigenvalue weighted by molar-refractivity contribution is 0.110. The number of sulfonamides is 1. The summed E-state index contributed by atoms with van der Waals surface area (Å²) in [5, 5.41) is 0. The number of methoxy groups -OCH3 is 1. The van der Waals surface area contributed by atoms with Crippen LogP contribution in [0.4, 0.5) is 4.39 Å². The van der Waals surface area contributed by atoms with Gasteiger partial charge in [0.2, 0.25) is 10.0 Å². The van der Waals surface area contributed by atoms with E-state index < -0.39 is 21.9 Å². The molecule has 2 rings (SSSR count). The molecule has 0 fully saturated rings. The fourth-order valence-corrected chi connectivity index (χ4v) is 4.37. The second-order valence-corrected chi connectivity index (χ2v) is 8.11. The zero-order valence-corrected chi connectivity index (χ0v) is 14.4. The Labute approximate surface area is 137 Å². The summed E-state index contributed by atoms with van der Waals surface area (Å²) in [4.78, 5) is 0.874. The van der Waals surface area contributed by atoms with Crippen LogP contribution in [0.1, 0.15) is 16.5 Å². The molecule has 8 heteroatoms. The highest BCUT2D eigenvalue weighted by molar-refractivity contribution is 7.89. The molecule has 0 aliphatic heterocycles. The van der Waals surface area contributed by atoms with Crippen molar-refractivity contribution >= 4 is 33.0 Å². The van der Waals surface area contributed by atoms with E-state index in [4.69, 9.17) is 16.3 Å². The third-order valence-corrected chi connectivity index (χ3v) is 5.99. The standard InChI is InChI=1S/C14H15ClFNO3S2/c1-9-7-10(16)3-5-13(9)22(18,19)17-8-11(20-2)12-4-6-14(15)21-12/h3-7,11,17H,8H2,1-2H3/t11-/m1/s1. The predicted molar refractivity (Wildman–Crippen MR) is 85.4 cm³/mol. The fourth-order valence-electron chi connectivity index (χ4n) is 1.98. The molecule has 1 aromatic heterocycles. The van der Waals surface area contributed by atoms with Crippen LogP contribution in [-0.4, -0.2) is 22.1 Å². The maximum Gasteiger partial charge on any atom is 0.240 e. The number of aryl methyl sites for hydroxylation is 1. The van der Waals surface area contributed by atoms with Crippen molar-refractivity contribution in [1.29, 1.82) is 0 Å². The second-order valence-electron chi connectivity index (χ2n) is 4.63. The van der Waals surface area contributed by atoms with Gasteiger partial charge in [0.25, 0.3) is 0 Å². The maximum atomic E-state index is 13.1. The van der Waals surface area contributed by atoms with Crippen molar-refractivity contribution in [3.8, 4) is 0 Å². The van der Waals surface area contributed by atoms with Crippen molar-refractivity contribution in [2.75, 3.05) is 13.7 Å². The van der Waals surface area contributed by atoms with E-state index in [9.17, 15) is 12.8 Å². The van der Waals surface area contributed by atoms with Gasteiger partial charge in [0.15, 0.2) is 0 Å².